The number of hydrogen-bond acceptors (Lipinski definition) is 4. The molecule has 2 aromatic carbocycles. The third-order valence-corrected chi connectivity index (χ3v) is 5.43. The Morgan fingerprint density at radius 1 is 1.07 bits per heavy atom. The molecule has 1 amide bonds. The van der Waals surface area contributed by atoms with Crippen LogP contribution >= 0.6 is 0 Å². The molecule has 2 aliphatic heterocycles. The second kappa shape index (κ2) is 8.55. The van der Waals surface area contributed by atoms with Gasteiger partial charge in [0.05, 0.1) is 6.61 Å². The first-order valence-electron chi connectivity index (χ1n) is 9.85. The molecule has 5 heteroatoms. The van der Waals surface area contributed by atoms with E-state index in [0.29, 0.717) is 18.6 Å². The van der Waals surface area contributed by atoms with Crippen LogP contribution in [0.5, 0.6) is 5.75 Å². The average Bonchev–Trinajstić information content (AvgIpc) is 3.28. The maximum absolute atomic E-state index is 12.9. The standard InChI is InChI=1S/C22H27N3O2/c26-22(19-10-8-18(9-11-19)21-12-13-23-24-21)25-14-4-5-17(15-25)16-27-20-6-2-1-3-7-20/h1-3,6-11,17,21,23-24H,4-5,12-16H2. The van der Waals surface area contributed by atoms with Crippen molar-refractivity contribution in [2.75, 3.05) is 26.2 Å². The molecule has 2 aliphatic rings. The number of hydrazine groups is 1. The highest BCUT2D eigenvalue weighted by Crippen LogP contribution is 2.22. The Bertz CT molecular complexity index is 742. The van der Waals surface area contributed by atoms with E-state index in [9.17, 15) is 4.79 Å². The fourth-order valence-corrected chi connectivity index (χ4v) is 3.89. The number of benzene rings is 2. The van der Waals surface area contributed by atoms with Gasteiger partial charge in [-0.1, -0.05) is 30.3 Å². The monoisotopic (exact) mass is 365 g/mol. The van der Waals surface area contributed by atoms with E-state index in [1.807, 2.05) is 47.4 Å². The summed E-state index contributed by atoms with van der Waals surface area (Å²) < 4.78 is 5.90. The number of hydrogen-bond donors (Lipinski definition) is 2. The summed E-state index contributed by atoms with van der Waals surface area (Å²) in [5.74, 6) is 1.41. The number of ether oxygens (including phenoxy) is 1. The first-order valence-corrected chi connectivity index (χ1v) is 9.85. The molecular formula is C22H27N3O2. The van der Waals surface area contributed by atoms with Gasteiger partial charge < -0.3 is 9.64 Å². The third-order valence-electron chi connectivity index (χ3n) is 5.43. The predicted molar refractivity (Wildman–Crippen MR) is 106 cm³/mol. The van der Waals surface area contributed by atoms with Crippen LogP contribution in [0.15, 0.2) is 54.6 Å². The van der Waals surface area contributed by atoms with Crippen molar-refractivity contribution in [1.82, 2.24) is 15.8 Å². The lowest BCUT2D eigenvalue weighted by Crippen LogP contribution is -2.41. The van der Waals surface area contributed by atoms with Gasteiger partial charge in [0.25, 0.3) is 5.91 Å². The Morgan fingerprint density at radius 3 is 2.63 bits per heavy atom. The van der Waals surface area contributed by atoms with E-state index in [1.165, 1.54) is 5.56 Å². The Kier molecular flexibility index (Phi) is 5.70. The number of carbonyl (C=O) groups excluding carboxylic acids is 1. The lowest BCUT2D eigenvalue weighted by Gasteiger charge is -2.32. The molecule has 2 saturated heterocycles. The van der Waals surface area contributed by atoms with E-state index >= 15 is 0 Å². The molecule has 2 unspecified atom stereocenters. The zero-order valence-corrected chi connectivity index (χ0v) is 15.6. The number of para-hydroxylation sites is 1. The van der Waals surface area contributed by atoms with Gasteiger partial charge in [-0.15, -0.1) is 0 Å². The molecule has 2 N–H and O–H groups in total. The summed E-state index contributed by atoms with van der Waals surface area (Å²) in [6, 6.07) is 18.3. The molecule has 0 bridgehead atoms. The van der Waals surface area contributed by atoms with Gasteiger partial charge in [0.2, 0.25) is 0 Å². The molecule has 2 atom stereocenters. The second-order valence-corrected chi connectivity index (χ2v) is 7.42. The largest absolute Gasteiger partial charge is 0.493 e. The normalized spacial score (nSPS) is 22.6. The van der Waals surface area contributed by atoms with Gasteiger partial charge in [-0.25, -0.2) is 0 Å². The molecule has 0 aromatic heterocycles. The molecule has 2 fully saturated rings. The van der Waals surface area contributed by atoms with E-state index in [4.69, 9.17) is 4.74 Å². The topological polar surface area (TPSA) is 53.6 Å². The summed E-state index contributed by atoms with van der Waals surface area (Å²) in [7, 11) is 0. The second-order valence-electron chi connectivity index (χ2n) is 7.42. The van der Waals surface area contributed by atoms with Crippen LogP contribution in [0.25, 0.3) is 0 Å². The van der Waals surface area contributed by atoms with Gasteiger partial charge in [0.15, 0.2) is 0 Å². The van der Waals surface area contributed by atoms with Gasteiger partial charge in [-0.2, -0.15) is 0 Å². The predicted octanol–water partition coefficient (Wildman–Crippen LogP) is 3.16. The molecule has 0 radical (unpaired) electrons. The lowest BCUT2D eigenvalue weighted by atomic mass is 9.97. The highest BCUT2D eigenvalue weighted by Gasteiger charge is 2.25. The first kappa shape index (κ1) is 18.0. The Balaban J connectivity index is 1.33. The Hall–Kier alpha value is -2.37. The fourth-order valence-electron chi connectivity index (χ4n) is 3.89. The Labute approximate surface area is 160 Å². The smallest absolute Gasteiger partial charge is 0.253 e. The zero-order valence-electron chi connectivity index (χ0n) is 15.6. The summed E-state index contributed by atoms with van der Waals surface area (Å²) in [5.41, 5.74) is 8.41. The molecule has 5 nitrogen and oxygen atoms in total. The SMILES string of the molecule is O=C(c1ccc(C2CCNN2)cc1)N1CCCC(COc2ccccc2)C1. The van der Waals surface area contributed by atoms with Crippen LogP contribution in [0.1, 0.15) is 41.2 Å². The molecule has 142 valence electrons. The first-order chi connectivity index (χ1) is 13.3. The number of rotatable bonds is 5. The summed E-state index contributed by atoms with van der Waals surface area (Å²) >= 11 is 0. The maximum Gasteiger partial charge on any atom is 0.253 e. The molecule has 2 heterocycles. The number of amides is 1. The van der Waals surface area contributed by atoms with E-state index in [-0.39, 0.29) is 5.91 Å². The number of nitrogens with one attached hydrogen (secondary N) is 2. The van der Waals surface area contributed by atoms with Crippen molar-refractivity contribution < 1.29 is 9.53 Å². The van der Waals surface area contributed by atoms with Crippen LogP contribution in [0, 0.1) is 5.92 Å². The van der Waals surface area contributed by atoms with Crippen molar-refractivity contribution in [2.24, 2.45) is 5.92 Å². The molecule has 0 spiro atoms. The van der Waals surface area contributed by atoms with Gasteiger partial charge in [-0.3, -0.25) is 15.6 Å². The minimum Gasteiger partial charge on any atom is -0.493 e. The molecule has 0 saturated carbocycles. The van der Waals surface area contributed by atoms with E-state index in [0.717, 1.165) is 50.2 Å². The van der Waals surface area contributed by atoms with Crippen LogP contribution in [0.3, 0.4) is 0 Å². The third kappa shape index (κ3) is 4.49. The quantitative estimate of drug-likeness (QED) is 0.855. The van der Waals surface area contributed by atoms with Crippen molar-refractivity contribution in [3.8, 4) is 5.75 Å². The van der Waals surface area contributed by atoms with E-state index in [1.54, 1.807) is 0 Å². The van der Waals surface area contributed by atoms with Crippen LogP contribution in [-0.2, 0) is 0 Å². The zero-order chi connectivity index (χ0) is 18.5. The fraction of sp³-hybridized carbons (Fsp3) is 0.409. The van der Waals surface area contributed by atoms with Crippen molar-refractivity contribution in [3.05, 3.63) is 65.7 Å². The van der Waals surface area contributed by atoms with Crippen LogP contribution < -0.4 is 15.6 Å². The van der Waals surface area contributed by atoms with Gasteiger partial charge in [0.1, 0.15) is 5.75 Å². The number of likely N-dealkylation sites (tertiary alicyclic amines) is 1. The van der Waals surface area contributed by atoms with E-state index in [2.05, 4.69) is 23.0 Å². The van der Waals surface area contributed by atoms with Crippen molar-refractivity contribution in [3.63, 3.8) is 0 Å². The summed E-state index contributed by atoms with van der Waals surface area (Å²) in [6.07, 6.45) is 3.21. The minimum atomic E-state index is 0.128. The van der Waals surface area contributed by atoms with Crippen LogP contribution in [0.2, 0.25) is 0 Å². The van der Waals surface area contributed by atoms with Gasteiger partial charge in [0, 0.05) is 37.2 Å². The number of piperidine rings is 1. The Morgan fingerprint density at radius 2 is 1.89 bits per heavy atom. The summed E-state index contributed by atoms with van der Waals surface area (Å²) in [5, 5.41) is 0. The van der Waals surface area contributed by atoms with Crippen molar-refractivity contribution in [1.29, 1.82) is 0 Å². The van der Waals surface area contributed by atoms with Crippen molar-refractivity contribution in [2.45, 2.75) is 25.3 Å². The van der Waals surface area contributed by atoms with E-state index < -0.39 is 0 Å². The van der Waals surface area contributed by atoms with Crippen molar-refractivity contribution >= 4 is 5.91 Å². The molecule has 0 aliphatic carbocycles. The number of nitrogens with zero attached hydrogens (tertiary/aromatic N) is 1. The molecule has 27 heavy (non-hydrogen) atoms. The highest BCUT2D eigenvalue weighted by molar-refractivity contribution is 5.94. The molecular weight excluding hydrogens is 338 g/mol. The van der Waals surface area contributed by atoms with Crippen LogP contribution in [-0.4, -0.2) is 37.0 Å². The minimum absolute atomic E-state index is 0.128. The summed E-state index contributed by atoms with van der Waals surface area (Å²) in [6.45, 7) is 3.23. The molecule has 4 rings (SSSR count). The number of carbonyl (C=O) groups is 1. The highest BCUT2D eigenvalue weighted by atomic mass is 16.5. The lowest BCUT2D eigenvalue weighted by molar-refractivity contribution is 0.0633. The van der Waals surface area contributed by atoms with Gasteiger partial charge >= 0.3 is 0 Å². The van der Waals surface area contributed by atoms with Gasteiger partial charge in [-0.05, 0) is 49.1 Å². The average molecular weight is 365 g/mol. The summed E-state index contributed by atoms with van der Waals surface area (Å²) in [4.78, 5) is 14.9. The maximum atomic E-state index is 12.9. The molecule has 2 aromatic rings. The van der Waals surface area contributed by atoms with Crippen LogP contribution in [0.4, 0.5) is 0 Å².